The lowest BCUT2D eigenvalue weighted by Crippen LogP contribution is -2.22. The molecule has 1 rings (SSSR count). The molecule has 0 atom stereocenters. The highest BCUT2D eigenvalue weighted by Gasteiger charge is 2.19. The van der Waals surface area contributed by atoms with Gasteiger partial charge in [-0.2, -0.15) is 0 Å². The van der Waals surface area contributed by atoms with Crippen molar-refractivity contribution in [2.24, 2.45) is 0 Å². The molecule has 0 aliphatic carbocycles. The van der Waals surface area contributed by atoms with E-state index in [9.17, 15) is 18.5 Å². The normalized spacial score (nSPS) is 11.5. The Balaban J connectivity index is 3.03. The molecule has 1 heterocycles. The van der Waals surface area contributed by atoms with Crippen LogP contribution >= 0.6 is 11.3 Å². The first-order chi connectivity index (χ1) is 6.47. The van der Waals surface area contributed by atoms with E-state index < -0.39 is 14.9 Å². The number of hydrogen-bond donors (Lipinski definition) is 1. The van der Waals surface area contributed by atoms with Crippen LogP contribution in [0.3, 0.4) is 0 Å². The van der Waals surface area contributed by atoms with Crippen LogP contribution in [0.25, 0.3) is 0 Å². The smallest absolute Gasteiger partial charge is 0.258 e. The summed E-state index contributed by atoms with van der Waals surface area (Å²) in [6.45, 7) is 1.90. The highest BCUT2D eigenvalue weighted by Crippen LogP contribution is 2.24. The molecule has 0 radical (unpaired) electrons. The van der Waals surface area contributed by atoms with Gasteiger partial charge in [-0.05, 0) is 0 Å². The maximum absolute atomic E-state index is 11.3. The van der Waals surface area contributed by atoms with E-state index >= 15 is 0 Å². The van der Waals surface area contributed by atoms with Crippen molar-refractivity contribution in [1.29, 1.82) is 0 Å². The summed E-state index contributed by atoms with van der Waals surface area (Å²) in [5.41, 5.74) is -0.202. The predicted molar refractivity (Wildman–Crippen MR) is 51.8 cm³/mol. The van der Waals surface area contributed by atoms with Crippen molar-refractivity contribution in [2.75, 3.05) is 6.54 Å². The summed E-state index contributed by atoms with van der Waals surface area (Å²) in [6, 6.07) is 1.04. The molecule has 1 aromatic heterocycles. The topological polar surface area (TPSA) is 89.3 Å². The number of nitro groups is 1. The third kappa shape index (κ3) is 2.28. The third-order valence-corrected chi connectivity index (χ3v) is 4.34. The van der Waals surface area contributed by atoms with Crippen molar-refractivity contribution in [3.63, 3.8) is 0 Å². The maximum Gasteiger partial charge on any atom is 0.281 e. The Morgan fingerprint density at radius 1 is 1.64 bits per heavy atom. The minimum absolute atomic E-state index is 0.0361. The summed E-state index contributed by atoms with van der Waals surface area (Å²) in [5.74, 6) is 0. The highest BCUT2D eigenvalue weighted by atomic mass is 32.2. The van der Waals surface area contributed by atoms with Gasteiger partial charge < -0.3 is 0 Å². The van der Waals surface area contributed by atoms with E-state index in [1.54, 1.807) is 6.92 Å². The summed E-state index contributed by atoms with van der Waals surface area (Å²) in [5, 5.41) is 11.5. The molecule has 0 amide bonds. The van der Waals surface area contributed by atoms with E-state index in [1.807, 2.05) is 0 Å². The van der Waals surface area contributed by atoms with Gasteiger partial charge in [0.2, 0.25) is 10.0 Å². The van der Waals surface area contributed by atoms with Gasteiger partial charge in [0.05, 0.1) is 10.3 Å². The molecular weight excluding hydrogens is 228 g/mol. The van der Waals surface area contributed by atoms with E-state index in [0.29, 0.717) is 0 Å². The summed E-state index contributed by atoms with van der Waals surface area (Å²) in [7, 11) is -3.56. The Morgan fingerprint density at radius 3 is 2.71 bits per heavy atom. The minimum atomic E-state index is -3.56. The number of nitrogens with one attached hydrogen (secondary N) is 1. The van der Waals surface area contributed by atoms with Crippen LogP contribution in [-0.4, -0.2) is 19.9 Å². The van der Waals surface area contributed by atoms with Crippen molar-refractivity contribution in [1.82, 2.24) is 4.72 Å². The summed E-state index contributed by atoms with van der Waals surface area (Å²) >= 11 is 0.833. The molecule has 8 heteroatoms. The maximum atomic E-state index is 11.3. The van der Waals surface area contributed by atoms with Gasteiger partial charge in [0.15, 0.2) is 0 Å². The largest absolute Gasteiger partial charge is 0.281 e. The first-order valence-electron chi connectivity index (χ1n) is 3.70. The molecule has 0 bridgehead atoms. The van der Waals surface area contributed by atoms with E-state index in [1.165, 1.54) is 5.38 Å². The lowest BCUT2D eigenvalue weighted by atomic mass is 10.6. The van der Waals surface area contributed by atoms with Gasteiger partial charge >= 0.3 is 0 Å². The van der Waals surface area contributed by atoms with Crippen LogP contribution in [0.4, 0.5) is 5.69 Å². The van der Waals surface area contributed by atoms with Gasteiger partial charge in [-0.25, -0.2) is 13.1 Å². The van der Waals surface area contributed by atoms with Crippen LogP contribution < -0.4 is 4.72 Å². The number of thiophene rings is 1. The average Bonchev–Trinajstić information content (AvgIpc) is 2.51. The van der Waals surface area contributed by atoms with E-state index in [0.717, 1.165) is 17.4 Å². The lowest BCUT2D eigenvalue weighted by Gasteiger charge is -1.98. The molecule has 14 heavy (non-hydrogen) atoms. The summed E-state index contributed by atoms with van der Waals surface area (Å²) in [4.78, 5) is 9.67. The minimum Gasteiger partial charge on any atom is -0.258 e. The van der Waals surface area contributed by atoms with Crippen LogP contribution in [0.2, 0.25) is 0 Å². The van der Waals surface area contributed by atoms with Crippen molar-refractivity contribution in [3.05, 3.63) is 21.6 Å². The van der Waals surface area contributed by atoms with Crippen LogP contribution in [0.5, 0.6) is 0 Å². The van der Waals surface area contributed by atoms with Crippen LogP contribution in [0.15, 0.2) is 15.7 Å². The highest BCUT2D eigenvalue weighted by molar-refractivity contribution is 7.91. The predicted octanol–water partition coefficient (Wildman–Crippen LogP) is 0.954. The fourth-order valence-corrected chi connectivity index (χ4v) is 3.01. The average molecular weight is 236 g/mol. The van der Waals surface area contributed by atoms with Gasteiger partial charge in [-0.3, -0.25) is 10.1 Å². The zero-order chi connectivity index (χ0) is 10.8. The molecule has 0 aliphatic rings. The first-order valence-corrected chi connectivity index (χ1v) is 6.06. The molecule has 0 spiro atoms. The molecule has 0 saturated heterocycles. The molecule has 0 saturated carbocycles. The van der Waals surface area contributed by atoms with Gasteiger partial charge in [0, 0.05) is 12.6 Å². The van der Waals surface area contributed by atoms with Crippen molar-refractivity contribution in [2.45, 2.75) is 11.1 Å². The van der Waals surface area contributed by atoms with Gasteiger partial charge in [-0.15, -0.1) is 11.3 Å². The second kappa shape index (κ2) is 4.03. The van der Waals surface area contributed by atoms with E-state index in [4.69, 9.17) is 0 Å². The Bertz CT molecular complexity index is 436. The second-order valence-corrected chi connectivity index (χ2v) is 5.29. The molecule has 0 aromatic carbocycles. The molecule has 0 fully saturated rings. The quantitative estimate of drug-likeness (QED) is 0.622. The molecule has 6 nitrogen and oxygen atoms in total. The summed E-state index contributed by atoms with van der Waals surface area (Å²) in [6.07, 6.45) is 0. The molecule has 78 valence electrons. The number of nitrogens with zero attached hydrogens (tertiary/aromatic N) is 1. The van der Waals surface area contributed by atoms with E-state index in [-0.39, 0.29) is 16.4 Å². The molecule has 0 aliphatic heterocycles. The van der Waals surface area contributed by atoms with Crippen molar-refractivity contribution < 1.29 is 13.3 Å². The monoisotopic (exact) mass is 236 g/mol. The van der Waals surface area contributed by atoms with E-state index in [2.05, 4.69) is 4.72 Å². The molecule has 1 aromatic rings. The second-order valence-electron chi connectivity index (χ2n) is 2.38. The molecule has 0 unspecified atom stereocenters. The summed E-state index contributed by atoms with van der Waals surface area (Å²) < 4.78 is 24.9. The van der Waals surface area contributed by atoms with Crippen molar-refractivity contribution in [3.8, 4) is 0 Å². The van der Waals surface area contributed by atoms with Crippen molar-refractivity contribution >= 4 is 27.0 Å². The van der Waals surface area contributed by atoms with Gasteiger partial charge in [0.1, 0.15) is 4.21 Å². The molecular formula is C6H8N2O4S2. The SMILES string of the molecule is CCNS(=O)(=O)c1cc([N+](=O)[O-])cs1. The Kier molecular flexibility index (Phi) is 3.19. The number of rotatable bonds is 4. The standard InChI is InChI=1S/C6H8N2O4S2/c1-2-7-14(11,12)6-3-5(4-13-6)8(9)10/h3-4,7H,2H2,1H3. The molecule has 1 N–H and O–H groups in total. The fourth-order valence-electron chi connectivity index (χ4n) is 0.805. The Labute approximate surface area is 84.8 Å². The third-order valence-electron chi connectivity index (χ3n) is 1.37. The fraction of sp³-hybridized carbons (Fsp3) is 0.333. The lowest BCUT2D eigenvalue weighted by molar-refractivity contribution is -0.384. The Morgan fingerprint density at radius 2 is 2.29 bits per heavy atom. The zero-order valence-electron chi connectivity index (χ0n) is 7.26. The first kappa shape index (κ1) is 11.1. The zero-order valence-corrected chi connectivity index (χ0v) is 8.89. The van der Waals surface area contributed by atoms with Crippen LogP contribution in [0, 0.1) is 10.1 Å². The van der Waals surface area contributed by atoms with Crippen LogP contribution in [0.1, 0.15) is 6.92 Å². The Hall–Kier alpha value is -0.990. The van der Waals surface area contributed by atoms with Gasteiger partial charge in [0.25, 0.3) is 5.69 Å². The van der Waals surface area contributed by atoms with Gasteiger partial charge in [-0.1, -0.05) is 6.92 Å². The number of hydrogen-bond acceptors (Lipinski definition) is 5. The number of sulfonamides is 1. The van der Waals surface area contributed by atoms with Crippen LogP contribution in [-0.2, 0) is 10.0 Å².